The molecule has 5 rings (SSSR count). The Bertz CT molecular complexity index is 1760. The maximum absolute atomic E-state index is 13.0. The molecule has 0 bridgehead atoms. The number of carbonyl (C=O) groups is 2. The van der Waals surface area contributed by atoms with Gasteiger partial charge in [0.15, 0.2) is 0 Å². The van der Waals surface area contributed by atoms with Gasteiger partial charge in [-0.3, -0.25) is 0 Å². The van der Waals surface area contributed by atoms with Gasteiger partial charge in [0.2, 0.25) is 0 Å². The van der Waals surface area contributed by atoms with Crippen molar-refractivity contribution >= 4 is 40.7 Å². The Balaban J connectivity index is 1.70. The topological polar surface area (TPSA) is 105 Å². The lowest BCUT2D eigenvalue weighted by Crippen LogP contribution is -2.15. The van der Waals surface area contributed by atoms with Crippen LogP contribution in [0.25, 0.3) is 5.57 Å². The van der Waals surface area contributed by atoms with E-state index < -0.39 is 11.9 Å². The molecule has 0 aromatic heterocycles. The molecule has 0 saturated heterocycles. The number of carbonyl (C=O) groups excluding carboxylic acids is 2. The van der Waals surface area contributed by atoms with Crippen LogP contribution in [-0.2, 0) is 22.5 Å². The number of benzene rings is 4. The highest BCUT2D eigenvalue weighted by molar-refractivity contribution is 6.31. The molecule has 0 radical (unpaired) electrons. The average molecular weight is 639 g/mol. The molecule has 0 fully saturated rings. The lowest BCUT2D eigenvalue weighted by Gasteiger charge is -2.18. The first-order valence-corrected chi connectivity index (χ1v) is 15.0. The van der Waals surface area contributed by atoms with Crippen LogP contribution in [-0.4, -0.2) is 11.9 Å². The number of allylic oxidation sites excluding steroid dienone is 5. The van der Waals surface area contributed by atoms with E-state index in [4.69, 9.17) is 44.7 Å². The second-order valence-corrected chi connectivity index (χ2v) is 11.5. The number of halogens is 2. The van der Waals surface area contributed by atoms with Crippen molar-refractivity contribution in [1.29, 1.82) is 0 Å². The fraction of sp³-hybridized carbons (Fsp3) is 0.108. The Kier molecular flexibility index (Phi) is 9.91. The predicted molar refractivity (Wildman–Crippen MR) is 178 cm³/mol. The van der Waals surface area contributed by atoms with Gasteiger partial charge in [0.25, 0.3) is 0 Å². The summed E-state index contributed by atoms with van der Waals surface area (Å²) >= 11 is 12.9. The molecule has 0 amide bonds. The van der Waals surface area contributed by atoms with E-state index in [-0.39, 0.29) is 0 Å². The zero-order valence-electron chi connectivity index (χ0n) is 24.8. The minimum Gasteiger partial charge on any atom is -0.370 e. The number of rotatable bonds is 8. The molecule has 45 heavy (non-hydrogen) atoms. The van der Waals surface area contributed by atoms with Crippen molar-refractivity contribution < 1.29 is 19.3 Å². The third kappa shape index (κ3) is 6.90. The second kappa shape index (κ2) is 14.0. The Labute approximate surface area is 272 Å². The Morgan fingerprint density at radius 2 is 1.18 bits per heavy atom. The van der Waals surface area contributed by atoms with Gasteiger partial charge < -0.3 is 9.68 Å². The third-order valence-corrected chi connectivity index (χ3v) is 8.60. The van der Waals surface area contributed by atoms with Gasteiger partial charge in [0.05, 0.1) is 16.7 Å². The predicted octanol–water partition coefficient (Wildman–Crippen LogP) is 8.15. The summed E-state index contributed by atoms with van der Waals surface area (Å²) in [7, 11) is 0. The van der Waals surface area contributed by atoms with Gasteiger partial charge >= 0.3 is 11.9 Å². The maximum atomic E-state index is 13.0. The zero-order valence-corrected chi connectivity index (χ0v) is 26.3. The van der Waals surface area contributed by atoms with Crippen LogP contribution in [0.5, 0.6) is 0 Å². The fourth-order valence-electron chi connectivity index (χ4n) is 5.64. The van der Waals surface area contributed by atoms with Crippen LogP contribution in [0.1, 0.15) is 67.9 Å². The van der Waals surface area contributed by atoms with E-state index in [2.05, 4.69) is 0 Å². The van der Waals surface area contributed by atoms with E-state index in [1.807, 2.05) is 92.7 Å². The first-order chi connectivity index (χ1) is 21.7. The van der Waals surface area contributed by atoms with E-state index in [1.165, 1.54) is 0 Å². The van der Waals surface area contributed by atoms with Crippen LogP contribution >= 0.6 is 23.2 Å². The van der Waals surface area contributed by atoms with Gasteiger partial charge in [-0.1, -0.05) is 71.7 Å². The fourth-order valence-corrected chi connectivity index (χ4v) is 6.04. The highest BCUT2D eigenvalue weighted by Gasteiger charge is 2.29. The molecule has 4 aromatic carbocycles. The average Bonchev–Trinajstić information content (AvgIpc) is 3.05. The highest BCUT2D eigenvalue weighted by Crippen LogP contribution is 2.39. The van der Waals surface area contributed by atoms with Gasteiger partial charge in [0.1, 0.15) is 5.57 Å². The van der Waals surface area contributed by atoms with Gasteiger partial charge in [-0.2, -0.15) is 11.8 Å². The van der Waals surface area contributed by atoms with Crippen LogP contribution in [0, 0.1) is 5.92 Å². The molecule has 6 nitrogen and oxygen atoms in total. The van der Waals surface area contributed by atoms with E-state index >= 15 is 0 Å². The molecule has 0 atom stereocenters. The molecule has 0 unspecified atom stereocenters. The van der Waals surface area contributed by atoms with Crippen molar-refractivity contribution in [3.05, 3.63) is 175 Å². The number of hydrogen-bond acceptors (Lipinski definition) is 6. The van der Waals surface area contributed by atoms with E-state index in [0.29, 0.717) is 45.1 Å². The van der Waals surface area contributed by atoms with Gasteiger partial charge in [0, 0.05) is 50.9 Å². The maximum Gasteiger partial charge on any atom is 0.356 e. The minimum absolute atomic E-state index is 0.301. The lowest BCUT2D eigenvalue weighted by atomic mass is 9.80. The summed E-state index contributed by atoms with van der Waals surface area (Å²) in [5, 5.41) is 1.18. The standard InChI is InChI=1S/C37H31Cl2N2O4/c1-22-8-7-9-23(2)34(22)35(28-16-14-24(30(20-28)36(42)44-40)18-26-10-3-5-12-32(26)38)29-17-15-25(31(21-29)37(43)45-41)19-27-11-4-6-13-33(27)39/h3-17,20-21H,18-19,40-41H2,1-2H3/q+1. The molecule has 0 aliphatic heterocycles. The van der Waals surface area contributed by atoms with Gasteiger partial charge in [-0.25, -0.2) is 9.59 Å². The summed E-state index contributed by atoms with van der Waals surface area (Å²) in [5.74, 6) is 10.4. The zero-order chi connectivity index (χ0) is 32.1. The molecule has 1 aliphatic carbocycles. The van der Waals surface area contributed by atoms with Crippen molar-refractivity contribution in [2.45, 2.75) is 26.7 Å². The molecule has 4 aromatic rings. The summed E-state index contributed by atoms with van der Waals surface area (Å²) in [6.07, 6.45) is 6.81. The minimum atomic E-state index is -0.678. The van der Waals surface area contributed by atoms with Crippen LogP contribution in [0.15, 0.2) is 114 Å². The van der Waals surface area contributed by atoms with Crippen LogP contribution in [0.2, 0.25) is 10.0 Å². The van der Waals surface area contributed by atoms with Gasteiger partial charge in [-0.15, -0.1) is 0 Å². The van der Waals surface area contributed by atoms with Crippen molar-refractivity contribution in [3.63, 3.8) is 0 Å². The van der Waals surface area contributed by atoms with E-state index in [9.17, 15) is 9.59 Å². The van der Waals surface area contributed by atoms with Crippen LogP contribution in [0.3, 0.4) is 0 Å². The normalized spacial score (nSPS) is 12.5. The Morgan fingerprint density at radius 3 is 1.60 bits per heavy atom. The summed E-state index contributed by atoms with van der Waals surface area (Å²) in [6, 6.07) is 26.1. The number of nitrogens with two attached hydrogens (primary N) is 2. The monoisotopic (exact) mass is 637 g/mol. The number of hydrogen-bond donors (Lipinski definition) is 2. The molecule has 0 heterocycles. The van der Waals surface area contributed by atoms with Crippen molar-refractivity contribution in [2.75, 3.05) is 0 Å². The molecule has 226 valence electrons. The highest BCUT2D eigenvalue weighted by atomic mass is 35.5. The Morgan fingerprint density at radius 1 is 0.711 bits per heavy atom. The quantitative estimate of drug-likeness (QED) is 0.149. The summed E-state index contributed by atoms with van der Waals surface area (Å²) in [5.41, 5.74) is 7.93. The smallest absolute Gasteiger partial charge is 0.356 e. The summed E-state index contributed by atoms with van der Waals surface area (Å²) < 4.78 is 0. The molecule has 0 saturated carbocycles. The van der Waals surface area contributed by atoms with Crippen molar-refractivity contribution in [3.8, 4) is 0 Å². The molecular weight excluding hydrogens is 607 g/mol. The van der Waals surface area contributed by atoms with Gasteiger partial charge in [-0.05, 0) is 85.3 Å². The second-order valence-electron chi connectivity index (χ2n) is 10.7. The Hall–Kier alpha value is -4.59. The molecule has 4 N–H and O–H groups in total. The first kappa shape index (κ1) is 31.8. The first-order valence-electron chi connectivity index (χ1n) is 14.2. The van der Waals surface area contributed by atoms with E-state index in [0.717, 1.165) is 44.9 Å². The summed E-state index contributed by atoms with van der Waals surface area (Å²) in [6.45, 7) is 4.04. The third-order valence-electron chi connectivity index (χ3n) is 7.86. The van der Waals surface area contributed by atoms with Crippen LogP contribution < -0.4 is 11.8 Å². The molecule has 1 aliphatic rings. The summed E-state index contributed by atoms with van der Waals surface area (Å²) in [4.78, 5) is 35.5. The van der Waals surface area contributed by atoms with Crippen molar-refractivity contribution in [2.24, 2.45) is 11.8 Å². The van der Waals surface area contributed by atoms with Crippen molar-refractivity contribution in [1.82, 2.24) is 0 Å². The molecular formula is C37H31Cl2N2O4+. The van der Waals surface area contributed by atoms with Crippen LogP contribution in [0.4, 0.5) is 0 Å². The molecule has 0 spiro atoms. The lowest BCUT2D eigenvalue weighted by molar-refractivity contribution is 0.0494. The molecule has 8 heteroatoms. The SMILES string of the molecule is CC1=CC=C[C+](C)C1=C(c1ccc(Cc2ccccc2Cl)c(C(=O)ON)c1)c1ccc(Cc2ccccc2Cl)c(C(=O)ON)c1. The largest absolute Gasteiger partial charge is 0.370 e. The van der Waals surface area contributed by atoms with E-state index in [1.54, 1.807) is 24.3 Å².